The van der Waals surface area contributed by atoms with E-state index in [1.54, 1.807) is 17.0 Å². The third-order valence-corrected chi connectivity index (χ3v) is 5.63. The smallest absolute Gasteiger partial charge is 0.325 e. The van der Waals surface area contributed by atoms with E-state index in [1.165, 1.54) is 0 Å². The number of rotatable bonds is 7. The number of carbonyl (C=O) groups excluding carboxylic acids is 1. The first-order valence-electron chi connectivity index (χ1n) is 10.1. The molecule has 0 aromatic heterocycles. The monoisotopic (exact) mass is 419 g/mol. The maximum Gasteiger partial charge on any atom is 0.404 e. The van der Waals surface area contributed by atoms with Crippen molar-refractivity contribution in [3.63, 3.8) is 0 Å². The van der Waals surface area contributed by atoms with E-state index in [0.29, 0.717) is 12.2 Å². The van der Waals surface area contributed by atoms with Crippen LogP contribution in [0.2, 0.25) is 0 Å². The fourth-order valence-electron chi connectivity index (χ4n) is 3.77. The zero-order valence-corrected chi connectivity index (χ0v) is 17.4. The van der Waals surface area contributed by atoms with Crippen molar-refractivity contribution in [1.82, 2.24) is 9.80 Å². The van der Waals surface area contributed by atoms with Crippen molar-refractivity contribution in [1.29, 1.82) is 0 Å². The topological polar surface area (TPSA) is 35.6 Å². The largest absolute Gasteiger partial charge is 0.404 e. The highest BCUT2D eigenvalue weighted by atomic mass is 19.4. The molecule has 0 spiro atoms. The van der Waals surface area contributed by atoms with Gasteiger partial charge < -0.3 is 10.2 Å². The van der Waals surface area contributed by atoms with Crippen LogP contribution in [0.3, 0.4) is 0 Å². The second-order valence-corrected chi connectivity index (χ2v) is 8.23. The summed E-state index contributed by atoms with van der Waals surface area (Å²) in [4.78, 5) is 16.6. The maximum atomic E-state index is 14.0. The van der Waals surface area contributed by atoms with Gasteiger partial charge in [-0.25, -0.2) is 0 Å². The molecule has 0 aliphatic carbocycles. The average Bonchev–Trinajstić information content (AvgIpc) is 3.13. The summed E-state index contributed by atoms with van der Waals surface area (Å²) in [5.74, 6) is -0.980. The van der Waals surface area contributed by atoms with E-state index < -0.39 is 17.5 Å². The van der Waals surface area contributed by atoms with E-state index in [4.69, 9.17) is 0 Å². The molecule has 0 bridgehead atoms. The van der Waals surface area contributed by atoms with Gasteiger partial charge in [0.25, 0.3) is 0 Å². The highest BCUT2D eigenvalue weighted by Crippen LogP contribution is 2.46. The number of benzene rings is 2. The van der Waals surface area contributed by atoms with Gasteiger partial charge in [-0.1, -0.05) is 42.5 Å². The summed E-state index contributed by atoms with van der Waals surface area (Å²) in [6.07, 6.45) is -4.02. The van der Waals surface area contributed by atoms with Gasteiger partial charge in [0.1, 0.15) is 0 Å². The van der Waals surface area contributed by atoms with Gasteiger partial charge in [-0.05, 0) is 56.7 Å². The third-order valence-electron chi connectivity index (χ3n) is 5.63. The zero-order chi connectivity index (χ0) is 21.8. The van der Waals surface area contributed by atoms with Crippen LogP contribution in [0.4, 0.5) is 18.9 Å². The van der Waals surface area contributed by atoms with E-state index in [0.717, 1.165) is 24.1 Å². The Kier molecular flexibility index (Phi) is 6.83. The van der Waals surface area contributed by atoms with Gasteiger partial charge in [0.2, 0.25) is 5.91 Å². The summed E-state index contributed by atoms with van der Waals surface area (Å²) < 4.78 is 42.1. The number of nitrogens with one attached hydrogen (secondary N) is 1. The van der Waals surface area contributed by atoms with Gasteiger partial charge in [0, 0.05) is 25.3 Å². The summed E-state index contributed by atoms with van der Waals surface area (Å²) in [5, 5.41) is 2.51. The molecule has 0 saturated carbocycles. The summed E-state index contributed by atoms with van der Waals surface area (Å²) in [6, 6.07) is 16.4. The standard InChI is InChI=1S/C23H28F3N3O/c1-28(2)14-12-18-8-10-20(11-9-18)27-21(30)22(23(24,25)26)13-15-29(17-22)16-19-6-4-3-5-7-19/h3-11H,12-17H2,1-2H3,(H,27,30). The Morgan fingerprint density at radius 1 is 1.07 bits per heavy atom. The van der Waals surface area contributed by atoms with Crippen molar-refractivity contribution in [2.45, 2.75) is 25.6 Å². The molecule has 2 aromatic carbocycles. The molecule has 1 aliphatic heterocycles. The lowest BCUT2D eigenvalue weighted by Gasteiger charge is -2.30. The van der Waals surface area contributed by atoms with Crippen LogP contribution in [-0.2, 0) is 17.8 Å². The van der Waals surface area contributed by atoms with Gasteiger partial charge in [0.15, 0.2) is 5.41 Å². The molecule has 1 aliphatic rings. The maximum absolute atomic E-state index is 14.0. The molecule has 1 heterocycles. The minimum absolute atomic E-state index is 0.227. The number of carbonyl (C=O) groups is 1. The molecule has 162 valence electrons. The lowest BCUT2D eigenvalue weighted by Crippen LogP contribution is -2.49. The molecule has 1 unspecified atom stereocenters. The summed E-state index contributed by atoms with van der Waals surface area (Å²) >= 11 is 0. The molecule has 1 fully saturated rings. The van der Waals surface area contributed by atoms with Crippen LogP contribution in [0.1, 0.15) is 17.5 Å². The SMILES string of the molecule is CN(C)CCc1ccc(NC(=O)C2(C(F)(F)F)CCN(Cc3ccccc3)C2)cc1. The molecule has 1 atom stereocenters. The molecular formula is C23H28F3N3O. The van der Waals surface area contributed by atoms with Crippen LogP contribution in [0.15, 0.2) is 54.6 Å². The van der Waals surface area contributed by atoms with Crippen molar-refractivity contribution in [2.75, 3.05) is 39.0 Å². The van der Waals surface area contributed by atoms with Crippen LogP contribution in [0.25, 0.3) is 0 Å². The predicted octanol–water partition coefficient (Wildman–Crippen LogP) is 4.18. The summed E-state index contributed by atoms with van der Waals surface area (Å²) in [7, 11) is 3.96. The summed E-state index contributed by atoms with van der Waals surface area (Å²) in [5.41, 5.74) is -0.00386. The van der Waals surface area contributed by atoms with Crippen molar-refractivity contribution < 1.29 is 18.0 Å². The van der Waals surface area contributed by atoms with Gasteiger partial charge in [0.05, 0.1) is 0 Å². The van der Waals surface area contributed by atoms with Gasteiger partial charge in [-0.3, -0.25) is 9.69 Å². The summed E-state index contributed by atoms with van der Waals surface area (Å²) in [6.45, 7) is 1.16. The minimum Gasteiger partial charge on any atom is -0.325 e. The van der Waals surface area contributed by atoms with Crippen LogP contribution < -0.4 is 5.32 Å². The number of amides is 1. The van der Waals surface area contributed by atoms with Crippen LogP contribution in [-0.4, -0.2) is 55.6 Å². The number of hydrogen-bond acceptors (Lipinski definition) is 3. The first kappa shape index (κ1) is 22.3. The highest BCUT2D eigenvalue weighted by Gasteiger charge is 2.62. The third kappa shape index (κ3) is 5.21. The Morgan fingerprint density at radius 3 is 2.33 bits per heavy atom. The van der Waals surface area contributed by atoms with Crippen LogP contribution >= 0.6 is 0 Å². The van der Waals surface area contributed by atoms with Crippen molar-refractivity contribution in [2.24, 2.45) is 5.41 Å². The van der Waals surface area contributed by atoms with Crippen molar-refractivity contribution in [3.05, 3.63) is 65.7 Å². The Bertz CT molecular complexity index is 837. The second kappa shape index (κ2) is 9.18. The van der Waals surface area contributed by atoms with E-state index in [2.05, 4.69) is 10.2 Å². The van der Waals surface area contributed by atoms with Crippen LogP contribution in [0.5, 0.6) is 0 Å². The van der Waals surface area contributed by atoms with Crippen molar-refractivity contribution in [3.8, 4) is 0 Å². The van der Waals surface area contributed by atoms with Gasteiger partial charge in [-0.15, -0.1) is 0 Å². The number of alkyl halides is 3. The van der Waals surface area contributed by atoms with E-state index in [1.807, 2.05) is 56.6 Å². The number of likely N-dealkylation sites (N-methyl/N-ethyl adjacent to an activating group) is 1. The lowest BCUT2D eigenvalue weighted by molar-refractivity contribution is -0.215. The predicted molar refractivity (Wildman–Crippen MR) is 112 cm³/mol. The second-order valence-electron chi connectivity index (χ2n) is 8.23. The molecule has 1 amide bonds. The molecule has 30 heavy (non-hydrogen) atoms. The zero-order valence-electron chi connectivity index (χ0n) is 17.4. The fraction of sp³-hybridized carbons (Fsp3) is 0.435. The van der Waals surface area contributed by atoms with E-state index in [9.17, 15) is 18.0 Å². The molecule has 0 radical (unpaired) electrons. The minimum atomic E-state index is -4.62. The first-order valence-corrected chi connectivity index (χ1v) is 10.1. The lowest BCUT2D eigenvalue weighted by atomic mass is 9.85. The number of hydrogen-bond donors (Lipinski definition) is 1. The normalized spacial score (nSPS) is 19.9. The van der Waals surface area contributed by atoms with Gasteiger partial charge in [-0.2, -0.15) is 13.2 Å². The molecule has 1 saturated heterocycles. The Hall–Kier alpha value is -2.38. The molecule has 3 rings (SSSR count). The quantitative estimate of drug-likeness (QED) is 0.731. The fourth-order valence-corrected chi connectivity index (χ4v) is 3.77. The molecule has 2 aromatic rings. The Morgan fingerprint density at radius 2 is 1.73 bits per heavy atom. The van der Waals surface area contributed by atoms with E-state index in [-0.39, 0.29) is 19.5 Å². The van der Waals surface area contributed by atoms with E-state index >= 15 is 0 Å². The Balaban J connectivity index is 1.69. The first-order chi connectivity index (χ1) is 14.2. The molecule has 7 heteroatoms. The van der Waals surface area contributed by atoms with Crippen molar-refractivity contribution >= 4 is 11.6 Å². The Labute approximate surface area is 175 Å². The number of halogens is 3. The number of likely N-dealkylation sites (tertiary alicyclic amines) is 1. The molecule has 1 N–H and O–H groups in total. The number of anilines is 1. The number of nitrogens with zero attached hydrogens (tertiary/aromatic N) is 2. The van der Waals surface area contributed by atoms with Crippen LogP contribution in [0, 0.1) is 5.41 Å². The van der Waals surface area contributed by atoms with Gasteiger partial charge >= 0.3 is 6.18 Å². The average molecular weight is 419 g/mol. The molecule has 4 nitrogen and oxygen atoms in total. The highest BCUT2D eigenvalue weighted by molar-refractivity contribution is 5.96. The molecular weight excluding hydrogens is 391 g/mol.